The third-order valence-electron chi connectivity index (χ3n) is 10.8. The molecule has 8 heteroatoms. The van der Waals surface area contributed by atoms with Crippen molar-refractivity contribution in [3.05, 3.63) is 59.5 Å². The van der Waals surface area contributed by atoms with Crippen LogP contribution in [0.15, 0.2) is 63.9 Å². The molecule has 1 aliphatic heterocycles. The van der Waals surface area contributed by atoms with Crippen LogP contribution in [0.4, 0.5) is 0 Å². The summed E-state index contributed by atoms with van der Waals surface area (Å²) in [5, 5.41) is 13.9. The van der Waals surface area contributed by atoms with Gasteiger partial charge in [0.25, 0.3) is 0 Å². The largest absolute Gasteiger partial charge is 0.393 e. The number of nitrogens with zero attached hydrogens (tertiary/aromatic N) is 1. The molecule has 7 rings (SSSR count). The van der Waals surface area contributed by atoms with Crippen LogP contribution in [0.1, 0.15) is 53.4 Å². The smallest absolute Gasteiger partial charge is 0.178 e. The van der Waals surface area contributed by atoms with Gasteiger partial charge in [0.05, 0.1) is 23.7 Å². The average molecular weight is 592 g/mol. The summed E-state index contributed by atoms with van der Waals surface area (Å²) in [6.07, 6.45) is 7.39. The number of rotatable bonds is 5. The van der Waals surface area contributed by atoms with Gasteiger partial charge in [-0.2, -0.15) is 0 Å². The molecule has 1 aromatic heterocycles. The lowest BCUT2D eigenvalue weighted by Gasteiger charge is -2.60. The quantitative estimate of drug-likeness (QED) is 0.412. The van der Waals surface area contributed by atoms with E-state index in [0.717, 1.165) is 40.4 Å². The monoisotopic (exact) mass is 591 g/mol. The first kappa shape index (κ1) is 27.7. The molecule has 4 aliphatic carbocycles. The number of benzene rings is 1. The fourth-order valence-electron chi connectivity index (χ4n) is 9.22. The molecule has 5 unspecified atom stereocenters. The number of aliphatic hydroxyl groups is 1. The van der Waals surface area contributed by atoms with Gasteiger partial charge in [0, 0.05) is 27.7 Å². The minimum Gasteiger partial charge on any atom is -0.393 e. The summed E-state index contributed by atoms with van der Waals surface area (Å²) in [5.74, 6) is -0.234. The molecule has 3 saturated carbocycles. The van der Waals surface area contributed by atoms with E-state index in [-0.39, 0.29) is 46.6 Å². The second kappa shape index (κ2) is 9.45. The summed E-state index contributed by atoms with van der Waals surface area (Å²) >= 11 is 3.01. The number of hydrogen-bond donors (Lipinski definition) is 1. The van der Waals surface area contributed by atoms with Gasteiger partial charge in [-0.3, -0.25) is 9.59 Å². The molecule has 0 spiro atoms. The van der Waals surface area contributed by atoms with E-state index in [4.69, 9.17) is 14.5 Å². The van der Waals surface area contributed by atoms with E-state index in [1.165, 1.54) is 11.8 Å². The first-order valence-corrected chi connectivity index (χ1v) is 16.5. The Morgan fingerprint density at radius 3 is 2.76 bits per heavy atom. The van der Waals surface area contributed by atoms with E-state index in [2.05, 4.69) is 13.8 Å². The number of hydrogen-bond acceptors (Lipinski definition) is 8. The van der Waals surface area contributed by atoms with Gasteiger partial charge in [-0.05, 0) is 63.5 Å². The van der Waals surface area contributed by atoms with Gasteiger partial charge >= 0.3 is 0 Å². The Hall–Kier alpha value is -2.10. The SMILES string of the molecule is CC1(C)O[C@@H]2CC3C4CCC5=CC(=O)C=CC5(C)C4[C@@H](O)CC3(C)[C@]2(C(=O)CSc2nc(-c3ccccc3)cs2)O1. The molecule has 1 aromatic carbocycles. The maximum absolute atomic E-state index is 14.5. The second-order valence-electron chi connectivity index (χ2n) is 13.4. The predicted octanol–water partition coefficient (Wildman–Crippen LogP) is 6.25. The standard InChI is InChI=1S/C33H37NO5S2/c1-30(2)38-27-15-23-22-11-10-20-14-21(35)12-13-31(20,3)28(22)25(36)16-32(23,4)33(27,39-30)26(37)18-41-29-34-24(17-40-29)19-8-6-5-7-9-19/h5-9,12-14,17,22-23,25,27-28,36H,10-11,15-16,18H2,1-4H3/t22?,23?,25-,27+,28?,31?,32?,33+/m0/s1. The summed E-state index contributed by atoms with van der Waals surface area (Å²) in [6.45, 7) is 8.12. The van der Waals surface area contributed by atoms with E-state index in [1.54, 1.807) is 23.5 Å². The van der Waals surface area contributed by atoms with Crippen LogP contribution in [0, 0.1) is 28.6 Å². The molecule has 1 N–H and O–H groups in total. The van der Waals surface area contributed by atoms with Crippen molar-refractivity contribution in [3.8, 4) is 11.3 Å². The molecule has 4 fully saturated rings. The number of Topliss-reactive ketones (excluding diaryl/α,β-unsaturated/α-hetero) is 1. The molecule has 41 heavy (non-hydrogen) atoms. The minimum absolute atomic E-state index is 0.00925. The number of allylic oxidation sites excluding steroid dienone is 4. The highest BCUT2D eigenvalue weighted by atomic mass is 32.2. The highest BCUT2D eigenvalue weighted by Crippen LogP contribution is 2.70. The lowest BCUT2D eigenvalue weighted by atomic mass is 9.46. The fourth-order valence-corrected chi connectivity index (χ4v) is 11.0. The molecule has 1 saturated heterocycles. The summed E-state index contributed by atoms with van der Waals surface area (Å²) in [5.41, 5.74) is 1.03. The highest BCUT2D eigenvalue weighted by Gasteiger charge is 2.76. The van der Waals surface area contributed by atoms with Gasteiger partial charge in [-0.25, -0.2) is 4.98 Å². The van der Waals surface area contributed by atoms with Crippen molar-refractivity contribution in [2.24, 2.45) is 28.6 Å². The predicted molar refractivity (Wildman–Crippen MR) is 159 cm³/mol. The van der Waals surface area contributed by atoms with Gasteiger partial charge in [-0.15, -0.1) is 11.3 Å². The fraction of sp³-hybridized carbons (Fsp3) is 0.545. The minimum atomic E-state index is -1.13. The van der Waals surface area contributed by atoms with Crippen LogP contribution in [-0.4, -0.2) is 51.0 Å². The highest BCUT2D eigenvalue weighted by molar-refractivity contribution is 8.01. The van der Waals surface area contributed by atoms with E-state index < -0.39 is 22.9 Å². The van der Waals surface area contributed by atoms with E-state index in [1.807, 2.05) is 55.6 Å². The number of carbonyl (C=O) groups excluding carboxylic acids is 2. The van der Waals surface area contributed by atoms with Crippen LogP contribution < -0.4 is 0 Å². The van der Waals surface area contributed by atoms with Crippen LogP contribution in [0.5, 0.6) is 0 Å². The van der Waals surface area contributed by atoms with Crippen LogP contribution in [0.2, 0.25) is 0 Å². The van der Waals surface area contributed by atoms with Gasteiger partial charge in [0.2, 0.25) is 0 Å². The summed E-state index contributed by atoms with van der Waals surface area (Å²) in [4.78, 5) is 31.4. The Balaban J connectivity index is 1.19. The van der Waals surface area contributed by atoms with Crippen LogP contribution in [0.3, 0.4) is 0 Å². The van der Waals surface area contributed by atoms with E-state index >= 15 is 0 Å². The normalized spacial score (nSPS) is 40.4. The third-order valence-corrected chi connectivity index (χ3v) is 12.8. The number of thiazole rings is 1. The number of thioether (sulfide) groups is 1. The number of ether oxygens (including phenoxy) is 2. The number of aliphatic hydroxyl groups excluding tert-OH is 1. The van der Waals surface area contributed by atoms with Crippen molar-refractivity contribution in [2.75, 3.05) is 5.75 Å². The topological polar surface area (TPSA) is 85.7 Å². The summed E-state index contributed by atoms with van der Waals surface area (Å²) in [6, 6.07) is 10.1. The first-order valence-electron chi connectivity index (χ1n) is 14.6. The lowest BCUT2D eigenvalue weighted by Crippen LogP contribution is -2.63. The molecular formula is C33H37NO5S2. The van der Waals surface area contributed by atoms with Crippen molar-refractivity contribution in [3.63, 3.8) is 0 Å². The zero-order chi connectivity index (χ0) is 28.8. The maximum Gasteiger partial charge on any atom is 0.178 e. The molecule has 216 valence electrons. The number of fused-ring (bicyclic) bond motifs is 7. The van der Waals surface area contributed by atoms with Gasteiger partial charge in [0.15, 0.2) is 27.3 Å². The van der Waals surface area contributed by atoms with E-state index in [9.17, 15) is 14.7 Å². The number of ketones is 2. The molecule has 2 aromatic rings. The lowest BCUT2D eigenvalue weighted by molar-refractivity contribution is -0.223. The van der Waals surface area contributed by atoms with Crippen molar-refractivity contribution >= 4 is 34.7 Å². The van der Waals surface area contributed by atoms with Crippen molar-refractivity contribution in [2.45, 2.75) is 81.3 Å². The molecular weight excluding hydrogens is 554 g/mol. The van der Waals surface area contributed by atoms with Crippen LogP contribution >= 0.6 is 23.1 Å². The molecule has 6 nitrogen and oxygen atoms in total. The third kappa shape index (κ3) is 4.04. The van der Waals surface area contributed by atoms with Gasteiger partial charge < -0.3 is 14.6 Å². The Morgan fingerprint density at radius 1 is 1.20 bits per heavy atom. The first-order chi connectivity index (χ1) is 19.5. The zero-order valence-corrected chi connectivity index (χ0v) is 25.6. The number of carbonyl (C=O) groups is 2. The molecule has 0 amide bonds. The molecule has 8 atom stereocenters. The Morgan fingerprint density at radius 2 is 1.98 bits per heavy atom. The number of aromatic nitrogens is 1. The molecule has 0 radical (unpaired) electrons. The van der Waals surface area contributed by atoms with E-state index in [0.29, 0.717) is 6.42 Å². The second-order valence-corrected chi connectivity index (χ2v) is 15.4. The Bertz CT molecular complexity index is 1460. The Labute approximate surface area is 249 Å². The van der Waals surface area contributed by atoms with Crippen molar-refractivity contribution in [1.29, 1.82) is 0 Å². The Kier molecular flexibility index (Phi) is 6.39. The molecule has 0 bridgehead atoms. The molecule has 2 heterocycles. The van der Waals surface area contributed by atoms with Gasteiger partial charge in [0.1, 0.15) is 0 Å². The molecule has 5 aliphatic rings. The van der Waals surface area contributed by atoms with Crippen LogP contribution in [-0.2, 0) is 19.1 Å². The average Bonchev–Trinajstić information content (AvgIpc) is 3.58. The van der Waals surface area contributed by atoms with Crippen molar-refractivity contribution < 1.29 is 24.2 Å². The summed E-state index contributed by atoms with van der Waals surface area (Å²) < 4.78 is 14.1. The zero-order valence-electron chi connectivity index (χ0n) is 24.0. The van der Waals surface area contributed by atoms with Crippen LogP contribution in [0.25, 0.3) is 11.3 Å². The maximum atomic E-state index is 14.5. The summed E-state index contributed by atoms with van der Waals surface area (Å²) in [7, 11) is 0. The van der Waals surface area contributed by atoms with Gasteiger partial charge in [-0.1, -0.05) is 67.6 Å². The van der Waals surface area contributed by atoms with Crippen molar-refractivity contribution in [1.82, 2.24) is 4.98 Å².